The summed E-state index contributed by atoms with van der Waals surface area (Å²) >= 11 is 6.51. The van der Waals surface area contributed by atoms with Crippen LogP contribution in [0.1, 0.15) is 52.3 Å². The molecule has 0 aliphatic carbocycles. The third-order valence-corrected chi connectivity index (χ3v) is 4.78. The van der Waals surface area contributed by atoms with Crippen LogP contribution in [0, 0.1) is 26.2 Å². The Morgan fingerprint density at radius 1 is 1.20 bits per heavy atom. The molecule has 0 radical (unpaired) electrons. The summed E-state index contributed by atoms with van der Waals surface area (Å²) < 4.78 is 0. The van der Waals surface area contributed by atoms with Crippen LogP contribution in [-0.4, -0.2) is 10.9 Å². The van der Waals surface area contributed by atoms with Gasteiger partial charge in [-0.3, -0.25) is 9.78 Å². The fraction of sp³-hybridized carbons (Fsp3) is 0.333. The molecule has 0 aliphatic rings. The summed E-state index contributed by atoms with van der Waals surface area (Å²) in [5.74, 6) is 2.33. The van der Waals surface area contributed by atoms with Crippen LogP contribution in [0.15, 0.2) is 18.2 Å². The number of benzene rings is 1. The lowest BCUT2D eigenvalue weighted by Gasteiger charge is -2.17. The predicted molar refractivity (Wildman–Crippen MR) is 104 cm³/mol. The number of pyridine rings is 1. The molecule has 0 spiro atoms. The highest BCUT2D eigenvalue weighted by Crippen LogP contribution is 2.29. The number of carbonyl (C=O) groups is 1. The van der Waals surface area contributed by atoms with Gasteiger partial charge in [0.15, 0.2) is 0 Å². The normalized spacial score (nSPS) is 10.4. The number of hydrogen-bond acceptors (Lipinski definition) is 2. The molecule has 1 amide bonds. The standard InChI is InChI=1S/C21H23ClN2O/c1-6-10-17-13(4)23-14(5)18(19(17)22)21(25)24-20-15(7-2)11-9-12-16(20)8-3/h1,9,11-12H,7-8,10H2,2-5H3,(H,24,25). The molecule has 0 fully saturated rings. The Balaban J connectivity index is 2.50. The van der Waals surface area contributed by atoms with Gasteiger partial charge in [-0.2, -0.15) is 0 Å². The number of para-hydroxylation sites is 1. The Bertz CT molecular complexity index is 828. The Morgan fingerprint density at radius 2 is 1.80 bits per heavy atom. The second-order valence-corrected chi connectivity index (χ2v) is 6.32. The molecule has 1 aromatic carbocycles. The molecule has 3 nitrogen and oxygen atoms in total. The molecule has 0 saturated carbocycles. The first-order chi connectivity index (χ1) is 11.9. The summed E-state index contributed by atoms with van der Waals surface area (Å²) in [4.78, 5) is 17.4. The summed E-state index contributed by atoms with van der Waals surface area (Å²) in [6.07, 6.45) is 7.45. The van der Waals surface area contributed by atoms with E-state index in [1.54, 1.807) is 6.92 Å². The van der Waals surface area contributed by atoms with Gasteiger partial charge in [0.25, 0.3) is 5.91 Å². The molecule has 0 atom stereocenters. The van der Waals surface area contributed by atoms with Crippen LogP contribution >= 0.6 is 11.6 Å². The number of terminal acetylenes is 1. The van der Waals surface area contributed by atoms with E-state index in [9.17, 15) is 4.79 Å². The number of halogens is 1. The molecule has 1 N–H and O–H groups in total. The zero-order valence-electron chi connectivity index (χ0n) is 15.2. The minimum Gasteiger partial charge on any atom is -0.321 e. The van der Waals surface area contributed by atoms with Crippen molar-refractivity contribution in [2.24, 2.45) is 0 Å². The predicted octanol–water partition coefficient (Wildman–Crippen LogP) is 4.90. The molecule has 0 aliphatic heterocycles. The van der Waals surface area contributed by atoms with Crippen molar-refractivity contribution >= 4 is 23.2 Å². The highest BCUT2D eigenvalue weighted by atomic mass is 35.5. The van der Waals surface area contributed by atoms with Crippen molar-refractivity contribution in [3.8, 4) is 12.3 Å². The number of aryl methyl sites for hydroxylation is 4. The van der Waals surface area contributed by atoms with Crippen molar-refractivity contribution in [1.29, 1.82) is 0 Å². The molecule has 0 saturated heterocycles. The van der Waals surface area contributed by atoms with E-state index in [2.05, 4.69) is 30.1 Å². The topological polar surface area (TPSA) is 42.0 Å². The van der Waals surface area contributed by atoms with Crippen LogP contribution < -0.4 is 5.32 Å². The Morgan fingerprint density at radius 3 is 2.32 bits per heavy atom. The zero-order valence-corrected chi connectivity index (χ0v) is 15.9. The van der Waals surface area contributed by atoms with E-state index >= 15 is 0 Å². The van der Waals surface area contributed by atoms with Crippen molar-refractivity contribution in [1.82, 2.24) is 4.98 Å². The van der Waals surface area contributed by atoms with Crippen molar-refractivity contribution in [3.05, 3.63) is 56.9 Å². The van der Waals surface area contributed by atoms with E-state index in [1.807, 2.05) is 25.1 Å². The molecule has 130 valence electrons. The molecule has 0 unspecified atom stereocenters. The average Bonchev–Trinajstić information content (AvgIpc) is 2.58. The van der Waals surface area contributed by atoms with Gasteiger partial charge in [-0.15, -0.1) is 12.3 Å². The van der Waals surface area contributed by atoms with Crippen molar-refractivity contribution in [2.75, 3.05) is 5.32 Å². The number of aromatic nitrogens is 1. The van der Waals surface area contributed by atoms with Gasteiger partial charge in [-0.25, -0.2) is 0 Å². The fourth-order valence-electron chi connectivity index (χ4n) is 2.99. The summed E-state index contributed by atoms with van der Waals surface area (Å²) in [6, 6.07) is 6.07. The lowest BCUT2D eigenvalue weighted by Crippen LogP contribution is -2.18. The highest BCUT2D eigenvalue weighted by Gasteiger charge is 2.21. The maximum Gasteiger partial charge on any atom is 0.259 e. The van der Waals surface area contributed by atoms with Crippen LogP contribution in [0.25, 0.3) is 0 Å². The van der Waals surface area contributed by atoms with Gasteiger partial charge in [0, 0.05) is 23.4 Å². The van der Waals surface area contributed by atoms with E-state index in [1.165, 1.54) is 0 Å². The number of nitrogens with one attached hydrogen (secondary N) is 1. The van der Waals surface area contributed by atoms with E-state index in [0.717, 1.165) is 40.9 Å². The number of nitrogens with zero attached hydrogens (tertiary/aromatic N) is 1. The smallest absolute Gasteiger partial charge is 0.259 e. The molecule has 4 heteroatoms. The maximum absolute atomic E-state index is 13.0. The number of hydrogen-bond donors (Lipinski definition) is 1. The van der Waals surface area contributed by atoms with Gasteiger partial charge in [0.1, 0.15) is 0 Å². The van der Waals surface area contributed by atoms with Crippen LogP contribution in [0.4, 0.5) is 5.69 Å². The van der Waals surface area contributed by atoms with Gasteiger partial charge >= 0.3 is 0 Å². The van der Waals surface area contributed by atoms with E-state index in [0.29, 0.717) is 22.7 Å². The number of amides is 1. The van der Waals surface area contributed by atoms with Gasteiger partial charge in [0.05, 0.1) is 16.3 Å². The second kappa shape index (κ2) is 8.18. The minimum atomic E-state index is -0.246. The molecule has 2 rings (SSSR count). The first-order valence-corrected chi connectivity index (χ1v) is 8.83. The Kier molecular flexibility index (Phi) is 6.22. The van der Waals surface area contributed by atoms with Gasteiger partial charge in [0.2, 0.25) is 0 Å². The SMILES string of the molecule is C#CCc1c(C)nc(C)c(C(=O)Nc2c(CC)cccc2CC)c1Cl. The Hall–Kier alpha value is -2.31. The molecule has 0 bridgehead atoms. The van der Waals surface area contributed by atoms with Crippen molar-refractivity contribution < 1.29 is 4.79 Å². The third kappa shape index (κ3) is 3.86. The first kappa shape index (κ1) is 19.0. The monoisotopic (exact) mass is 354 g/mol. The zero-order chi connectivity index (χ0) is 18.6. The number of anilines is 1. The molecular weight excluding hydrogens is 332 g/mol. The summed E-state index contributed by atoms with van der Waals surface area (Å²) in [6.45, 7) is 7.79. The largest absolute Gasteiger partial charge is 0.321 e. The lowest BCUT2D eigenvalue weighted by molar-refractivity contribution is 0.102. The van der Waals surface area contributed by atoms with E-state index < -0.39 is 0 Å². The number of carbonyl (C=O) groups excluding carboxylic acids is 1. The molecule has 2 aromatic rings. The van der Waals surface area contributed by atoms with Gasteiger partial charge < -0.3 is 5.32 Å². The van der Waals surface area contributed by atoms with Crippen molar-refractivity contribution in [2.45, 2.75) is 47.0 Å². The summed E-state index contributed by atoms with van der Waals surface area (Å²) in [7, 11) is 0. The summed E-state index contributed by atoms with van der Waals surface area (Å²) in [5.41, 5.74) is 5.57. The van der Waals surface area contributed by atoms with Crippen LogP contribution in [-0.2, 0) is 19.3 Å². The molecule has 1 heterocycles. The van der Waals surface area contributed by atoms with E-state index in [-0.39, 0.29) is 5.91 Å². The second-order valence-electron chi connectivity index (χ2n) is 5.94. The molecular formula is C21H23ClN2O. The highest BCUT2D eigenvalue weighted by molar-refractivity contribution is 6.35. The fourth-order valence-corrected chi connectivity index (χ4v) is 3.42. The minimum absolute atomic E-state index is 0.246. The number of rotatable bonds is 5. The first-order valence-electron chi connectivity index (χ1n) is 8.45. The van der Waals surface area contributed by atoms with Gasteiger partial charge in [-0.1, -0.05) is 43.6 Å². The quantitative estimate of drug-likeness (QED) is 0.775. The average molecular weight is 355 g/mol. The van der Waals surface area contributed by atoms with Crippen molar-refractivity contribution in [3.63, 3.8) is 0 Å². The van der Waals surface area contributed by atoms with Crippen LogP contribution in [0.5, 0.6) is 0 Å². The molecule has 1 aromatic heterocycles. The van der Waals surface area contributed by atoms with Crippen LogP contribution in [0.3, 0.4) is 0 Å². The maximum atomic E-state index is 13.0. The third-order valence-electron chi connectivity index (χ3n) is 4.36. The van der Waals surface area contributed by atoms with Gasteiger partial charge in [-0.05, 0) is 37.8 Å². The molecule has 25 heavy (non-hydrogen) atoms. The Labute approximate surface area is 154 Å². The summed E-state index contributed by atoms with van der Waals surface area (Å²) in [5, 5.41) is 3.45. The van der Waals surface area contributed by atoms with Crippen LogP contribution in [0.2, 0.25) is 5.02 Å². The van der Waals surface area contributed by atoms with E-state index in [4.69, 9.17) is 18.0 Å². The lowest BCUT2D eigenvalue weighted by atomic mass is 10.0.